The number of rotatable bonds is 9. The van der Waals surface area contributed by atoms with E-state index in [4.69, 9.17) is 14.1 Å². The summed E-state index contributed by atoms with van der Waals surface area (Å²) in [5.41, 5.74) is 19.7. The third-order valence-corrected chi connectivity index (χ3v) is 16.6. The molecular weight excluding hydrogens is 1010 g/mol. The first-order chi connectivity index (χ1) is 38.9. The summed E-state index contributed by atoms with van der Waals surface area (Å²) < 4.78 is 15.7. The summed E-state index contributed by atoms with van der Waals surface area (Å²) in [7, 11) is 0. The molecule has 8 aromatic carbocycles. The van der Waals surface area contributed by atoms with Crippen LogP contribution >= 0.6 is 0 Å². The van der Waals surface area contributed by atoms with Gasteiger partial charge in [-0.15, -0.1) is 0 Å². The first-order valence-electron chi connectivity index (χ1n) is 29.7. The summed E-state index contributed by atoms with van der Waals surface area (Å²) in [5, 5.41) is 12.4. The lowest BCUT2D eigenvalue weighted by atomic mass is 9.74. The van der Waals surface area contributed by atoms with E-state index < -0.39 is 0 Å². The molecule has 0 radical (unpaired) electrons. The molecule has 3 heterocycles. The number of anilines is 4. The summed E-state index contributed by atoms with van der Waals surface area (Å²) in [6.45, 7) is 41.7. The minimum atomic E-state index is -0.148. The second kappa shape index (κ2) is 20.4. The van der Waals surface area contributed by atoms with E-state index in [0.29, 0.717) is 5.75 Å². The highest BCUT2D eigenvalue weighted by Crippen LogP contribution is 2.50. The highest BCUT2D eigenvalue weighted by Gasteiger charge is 2.31. The van der Waals surface area contributed by atoms with Gasteiger partial charge in [-0.3, -0.25) is 4.57 Å². The number of nitrogens with one attached hydrogen (secondary N) is 2. The number of hydrogen-bond acceptors (Lipinski definition) is 5. The molecule has 2 N–H and O–H groups in total. The molecule has 0 amide bonds. The Morgan fingerprint density at radius 3 is 1.53 bits per heavy atom. The molecule has 0 saturated carbocycles. The van der Waals surface area contributed by atoms with Crippen molar-refractivity contribution >= 4 is 66.5 Å². The molecule has 0 aliphatic rings. The van der Waals surface area contributed by atoms with E-state index in [9.17, 15) is 0 Å². The number of ether oxygens (including phenoxy) is 1. The molecule has 6 heteroatoms. The van der Waals surface area contributed by atoms with Crippen molar-refractivity contribution in [1.29, 1.82) is 0 Å². The van der Waals surface area contributed by atoms with Crippen molar-refractivity contribution in [2.75, 3.05) is 10.6 Å². The van der Waals surface area contributed by atoms with Gasteiger partial charge < -0.3 is 19.8 Å². The highest BCUT2D eigenvalue weighted by atomic mass is 16.5. The Morgan fingerprint density at radius 1 is 0.398 bits per heavy atom. The Morgan fingerprint density at radius 2 is 0.940 bits per heavy atom. The van der Waals surface area contributed by atoms with Crippen molar-refractivity contribution in [2.24, 2.45) is 0 Å². The maximum atomic E-state index is 6.89. The lowest BCUT2D eigenvalue weighted by Crippen LogP contribution is -2.19. The summed E-state index contributed by atoms with van der Waals surface area (Å²) >= 11 is 0. The van der Waals surface area contributed by atoms with E-state index in [2.05, 4.69) is 285 Å². The zero-order valence-electron chi connectivity index (χ0n) is 52.4. The number of fused-ring (bicyclic) bond motifs is 7. The number of pyridine rings is 1. The van der Waals surface area contributed by atoms with Crippen LogP contribution in [0, 0.1) is 0 Å². The molecule has 0 bridgehead atoms. The lowest BCUT2D eigenvalue weighted by Gasteiger charge is -2.32. The predicted molar refractivity (Wildman–Crippen MR) is 355 cm³/mol. The average molecular weight is 1100 g/mol. The monoisotopic (exact) mass is 1100 g/mol. The Labute approximate surface area is 493 Å². The molecule has 0 saturated heterocycles. The molecule has 0 aliphatic carbocycles. The van der Waals surface area contributed by atoms with Crippen LogP contribution in [-0.2, 0) is 32.5 Å². The molecule has 0 spiro atoms. The fourth-order valence-electron chi connectivity index (χ4n) is 11.7. The second-order valence-corrected chi connectivity index (χ2v) is 29.2. The van der Waals surface area contributed by atoms with E-state index in [1.807, 2.05) is 24.4 Å². The molecule has 424 valence electrons. The Hall–Kier alpha value is -8.09. The summed E-state index contributed by atoms with van der Waals surface area (Å²) in [5.74, 6) is 2.27. The van der Waals surface area contributed by atoms with Gasteiger partial charge in [0.2, 0.25) is 0 Å². The SMILES string of the molecule is CC(C)(C)c1ccnc(-n2c3cc(Oc4cccc(Nc5ccccc5Nc5c(-c6ccc(C(C)(C)C)cc6C(C)(C)C)cc(C(C)(C)C)cc5-c5ccc(C(C)(C)C)cc5C(C)(C)C)c4)ccc3c3ccc4oc5ccccc5c4c32)c1. The molecule has 0 atom stereocenters. The Kier molecular flexibility index (Phi) is 13.9. The minimum absolute atomic E-state index is 0.0165. The fourth-order valence-corrected chi connectivity index (χ4v) is 11.7. The summed E-state index contributed by atoms with van der Waals surface area (Å²) in [6, 6.07) is 59.5. The van der Waals surface area contributed by atoms with E-state index in [1.165, 1.54) is 55.6 Å². The van der Waals surface area contributed by atoms with Crippen molar-refractivity contribution in [3.05, 3.63) is 203 Å². The highest BCUT2D eigenvalue weighted by molar-refractivity contribution is 6.24. The lowest BCUT2D eigenvalue weighted by molar-refractivity contribution is 0.483. The largest absolute Gasteiger partial charge is 0.457 e. The number of furan rings is 1. The average Bonchev–Trinajstić information content (AvgIpc) is 2.23. The smallest absolute Gasteiger partial charge is 0.137 e. The number of hydrogen-bond donors (Lipinski definition) is 2. The molecule has 11 rings (SSSR count). The first kappa shape index (κ1) is 56.8. The number of para-hydroxylation sites is 3. The maximum absolute atomic E-state index is 6.89. The van der Waals surface area contributed by atoms with Crippen LogP contribution in [0.4, 0.5) is 22.7 Å². The standard InChI is InChI=1S/C77H84N4O2/c1-72(2,3)47-30-33-54(61(42-47)76(13,14)15)59-40-50(75(10,11)12)41-60(55-34-31-48(73(4,5)6)43-62(55)77(16,17)18)70(59)80-64-28-21-20-27-63(64)79-51-24-23-25-52(45-51)82-53-32-35-56-57-36-37-67-69(58-26-19-22-29-66(58)83-67)71(57)81(65(56)46-53)68-44-49(38-39-78-68)74(7,8)9/h19-46,79-80H,1-18H3. The normalized spacial score (nSPS) is 12.9. The minimum Gasteiger partial charge on any atom is -0.457 e. The van der Waals surface area contributed by atoms with E-state index in [-0.39, 0.29) is 32.5 Å². The Balaban J connectivity index is 1.03. The van der Waals surface area contributed by atoms with Gasteiger partial charge in [0, 0.05) is 51.3 Å². The predicted octanol–water partition coefficient (Wildman–Crippen LogP) is 22.5. The van der Waals surface area contributed by atoms with Crippen molar-refractivity contribution in [3.8, 4) is 39.6 Å². The van der Waals surface area contributed by atoms with Crippen LogP contribution in [0.15, 0.2) is 174 Å². The molecule has 0 unspecified atom stereocenters. The van der Waals surface area contributed by atoms with Crippen LogP contribution in [0.5, 0.6) is 11.5 Å². The third kappa shape index (κ3) is 11.1. The zero-order chi connectivity index (χ0) is 59.3. The van der Waals surface area contributed by atoms with Gasteiger partial charge in [-0.05, 0) is 156 Å². The van der Waals surface area contributed by atoms with Crippen molar-refractivity contribution in [1.82, 2.24) is 9.55 Å². The van der Waals surface area contributed by atoms with Gasteiger partial charge in [-0.1, -0.05) is 197 Å². The van der Waals surface area contributed by atoms with Crippen LogP contribution in [0.2, 0.25) is 0 Å². The number of benzene rings is 8. The molecular formula is C77H84N4O2. The van der Waals surface area contributed by atoms with Crippen LogP contribution < -0.4 is 15.4 Å². The maximum Gasteiger partial charge on any atom is 0.137 e. The first-order valence-corrected chi connectivity index (χ1v) is 29.7. The molecule has 83 heavy (non-hydrogen) atoms. The molecule has 6 nitrogen and oxygen atoms in total. The summed E-state index contributed by atoms with van der Waals surface area (Å²) in [6.07, 6.45) is 1.93. The fraction of sp³-hybridized carbons (Fsp3) is 0.312. The van der Waals surface area contributed by atoms with Gasteiger partial charge in [0.25, 0.3) is 0 Å². The zero-order valence-corrected chi connectivity index (χ0v) is 52.4. The van der Waals surface area contributed by atoms with Crippen LogP contribution in [0.25, 0.3) is 71.8 Å². The van der Waals surface area contributed by atoms with Gasteiger partial charge in [-0.25, -0.2) is 4.98 Å². The number of nitrogens with zero attached hydrogens (tertiary/aromatic N) is 2. The van der Waals surface area contributed by atoms with Crippen LogP contribution in [0.3, 0.4) is 0 Å². The van der Waals surface area contributed by atoms with Gasteiger partial charge in [0.1, 0.15) is 28.5 Å². The van der Waals surface area contributed by atoms with Crippen molar-refractivity contribution < 1.29 is 9.15 Å². The van der Waals surface area contributed by atoms with E-state index >= 15 is 0 Å². The van der Waals surface area contributed by atoms with Gasteiger partial charge in [0.15, 0.2) is 0 Å². The molecule has 3 aromatic heterocycles. The molecule has 0 fully saturated rings. The third-order valence-electron chi connectivity index (χ3n) is 16.6. The molecule has 0 aliphatic heterocycles. The topological polar surface area (TPSA) is 64.2 Å². The quantitative estimate of drug-likeness (QED) is 0.151. The molecule has 11 aromatic rings. The van der Waals surface area contributed by atoms with Crippen molar-refractivity contribution in [2.45, 2.75) is 157 Å². The van der Waals surface area contributed by atoms with Crippen LogP contribution in [0.1, 0.15) is 158 Å². The Bertz CT molecular complexity index is 4200. The van der Waals surface area contributed by atoms with Gasteiger partial charge in [-0.2, -0.15) is 0 Å². The number of aromatic nitrogens is 2. The van der Waals surface area contributed by atoms with E-state index in [0.717, 1.165) is 78.1 Å². The second-order valence-electron chi connectivity index (χ2n) is 29.2. The van der Waals surface area contributed by atoms with E-state index in [1.54, 1.807) is 0 Å². The van der Waals surface area contributed by atoms with Crippen molar-refractivity contribution in [3.63, 3.8) is 0 Å². The van der Waals surface area contributed by atoms with Crippen LogP contribution in [-0.4, -0.2) is 9.55 Å². The van der Waals surface area contributed by atoms with Gasteiger partial charge in [0.05, 0.1) is 33.5 Å². The summed E-state index contributed by atoms with van der Waals surface area (Å²) in [4.78, 5) is 5.05. The van der Waals surface area contributed by atoms with Gasteiger partial charge >= 0.3 is 0 Å².